The molecule has 0 unspecified atom stereocenters. The molecule has 1 aliphatic carbocycles. The zero-order valence-corrected chi connectivity index (χ0v) is 10.7. The highest BCUT2D eigenvalue weighted by Crippen LogP contribution is 2.30. The van der Waals surface area contributed by atoms with Gasteiger partial charge in [0.1, 0.15) is 0 Å². The lowest BCUT2D eigenvalue weighted by molar-refractivity contribution is 0.0690. The van der Waals surface area contributed by atoms with Crippen molar-refractivity contribution in [1.29, 1.82) is 0 Å². The van der Waals surface area contributed by atoms with E-state index in [1.807, 2.05) is 7.05 Å². The largest absolute Gasteiger partial charge is 0.476 e. The number of rotatable bonds is 3. The van der Waals surface area contributed by atoms with Crippen LogP contribution in [0.5, 0.6) is 0 Å². The van der Waals surface area contributed by atoms with Gasteiger partial charge in [0, 0.05) is 37.8 Å². The minimum Gasteiger partial charge on any atom is -0.476 e. The second-order valence-electron chi connectivity index (χ2n) is 5.24. The van der Waals surface area contributed by atoms with Crippen LogP contribution < -0.4 is 0 Å². The van der Waals surface area contributed by atoms with Crippen LogP contribution in [-0.4, -0.2) is 63.3 Å². The predicted octanol–water partition coefficient (Wildman–Crippen LogP) is 0.721. The predicted molar refractivity (Wildman–Crippen MR) is 66.0 cm³/mol. The SMILES string of the molecule is CN(C(=O)N1CC(c2cc(C(=O)O)n[nH]2)C1)C1CC1. The normalized spacial score (nSPS) is 19.1. The van der Waals surface area contributed by atoms with Crippen molar-refractivity contribution in [2.75, 3.05) is 20.1 Å². The first-order chi connectivity index (χ1) is 9.06. The molecule has 1 saturated carbocycles. The van der Waals surface area contributed by atoms with Crippen LogP contribution in [-0.2, 0) is 0 Å². The molecule has 0 radical (unpaired) electrons. The first kappa shape index (κ1) is 12.0. The van der Waals surface area contributed by atoms with E-state index in [4.69, 9.17) is 5.11 Å². The number of nitrogens with zero attached hydrogens (tertiary/aromatic N) is 3. The van der Waals surface area contributed by atoms with Gasteiger partial charge >= 0.3 is 12.0 Å². The highest BCUT2D eigenvalue weighted by Gasteiger charge is 2.38. The highest BCUT2D eigenvalue weighted by molar-refractivity contribution is 5.85. The molecule has 1 aromatic heterocycles. The van der Waals surface area contributed by atoms with Gasteiger partial charge in [0.2, 0.25) is 0 Å². The summed E-state index contributed by atoms with van der Waals surface area (Å²) in [7, 11) is 1.84. The third-order valence-corrected chi connectivity index (χ3v) is 3.81. The summed E-state index contributed by atoms with van der Waals surface area (Å²) < 4.78 is 0. The Balaban J connectivity index is 1.56. The van der Waals surface area contributed by atoms with E-state index in [-0.39, 0.29) is 17.6 Å². The van der Waals surface area contributed by atoms with Gasteiger partial charge in [0.15, 0.2) is 5.69 Å². The molecule has 2 heterocycles. The van der Waals surface area contributed by atoms with Crippen LogP contribution in [0.1, 0.15) is 34.9 Å². The molecule has 19 heavy (non-hydrogen) atoms. The van der Waals surface area contributed by atoms with E-state index in [2.05, 4.69) is 10.2 Å². The number of carboxylic acids is 1. The number of aromatic nitrogens is 2. The van der Waals surface area contributed by atoms with Gasteiger partial charge in [0.05, 0.1) is 0 Å². The molecular weight excluding hydrogens is 248 g/mol. The first-order valence-electron chi connectivity index (χ1n) is 6.36. The molecule has 2 fully saturated rings. The smallest absolute Gasteiger partial charge is 0.356 e. The Hall–Kier alpha value is -2.05. The van der Waals surface area contributed by atoms with Crippen molar-refractivity contribution in [2.24, 2.45) is 0 Å². The van der Waals surface area contributed by atoms with Crippen molar-refractivity contribution in [3.05, 3.63) is 17.5 Å². The zero-order chi connectivity index (χ0) is 13.6. The Morgan fingerprint density at radius 1 is 1.47 bits per heavy atom. The van der Waals surface area contributed by atoms with Gasteiger partial charge in [-0.3, -0.25) is 5.10 Å². The minimum absolute atomic E-state index is 0.0230. The van der Waals surface area contributed by atoms with Crippen LogP contribution in [0.3, 0.4) is 0 Å². The van der Waals surface area contributed by atoms with Crippen molar-refractivity contribution in [3.8, 4) is 0 Å². The van der Waals surface area contributed by atoms with E-state index >= 15 is 0 Å². The quantitative estimate of drug-likeness (QED) is 0.841. The summed E-state index contributed by atoms with van der Waals surface area (Å²) in [4.78, 5) is 26.3. The van der Waals surface area contributed by atoms with Crippen LogP contribution in [0.25, 0.3) is 0 Å². The number of H-pyrrole nitrogens is 1. The molecule has 2 N–H and O–H groups in total. The minimum atomic E-state index is -1.04. The van der Waals surface area contributed by atoms with E-state index in [1.54, 1.807) is 15.9 Å². The Morgan fingerprint density at radius 2 is 2.16 bits per heavy atom. The van der Waals surface area contributed by atoms with Gasteiger partial charge in [-0.15, -0.1) is 0 Å². The lowest BCUT2D eigenvalue weighted by Crippen LogP contribution is -2.53. The number of amides is 2. The molecule has 0 bridgehead atoms. The van der Waals surface area contributed by atoms with E-state index in [1.165, 1.54) is 0 Å². The Labute approximate surface area is 110 Å². The van der Waals surface area contributed by atoms with Crippen LogP contribution in [0.15, 0.2) is 6.07 Å². The third-order valence-electron chi connectivity index (χ3n) is 3.81. The van der Waals surface area contributed by atoms with E-state index in [0.29, 0.717) is 19.1 Å². The molecule has 2 aliphatic rings. The molecule has 0 atom stereocenters. The van der Waals surface area contributed by atoms with E-state index in [0.717, 1.165) is 18.5 Å². The van der Waals surface area contributed by atoms with Crippen LogP contribution in [0, 0.1) is 0 Å². The van der Waals surface area contributed by atoms with Crippen molar-refractivity contribution < 1.29 is 14.7 Å². The van der Waals surface area contributed by atoms with Crippen molar-refractivity contribution in [2.45, 2.75) is 24.8 Å². The summed E-state index contributed by atoms with van der Waals surface area (Å²) in [6, 6.07) is 2.02. The highest BCUT2D eigenvalue weighted by atomic mass is 16.4. The fourth-order valence-corrected chi connectivity index (χ4v) is 2.33. The zero-order valence-electron chi connectivity index (χ0n) is 10.7. The molecule has 2 amide bonds. The average Bonchev–Trinajstić information content (AvgIpc) is 3.05. The van der Waals surface area contributed by atoms with E-state index < -0.39 is 5.97 Å². The molecule has 1 aliphatic heterocycles. The number of likely N-dealkylation sites (tertiary alicyclic amines) is 1. The molecule has 7 nitrogen and oxygen atoms in total. The summed E-state index contributed by atoms with van der Waals surface area (Å²) in [5.74, 6) is -0.875. The molecule has 7 heteroatoms. The van der Waals surface area contributed by atoms with E-state index in [9.17, 15) is 9.59 Å². The molecule has 1 saturated heterocycles. The van der Waals surface area contributed by atoms with Gasteiger partial charge in [-0.05, 0) is 18.9 Å². The number of carbonyl (C=O) groups is 2. The second kappa shape index (κ2) is 4.25. The second-order valence-corrected chi connectivity index (χ2v) is 5.24. The lowest BCUT2D eigenvalue weighted by Gasteiger charge is -2.40. The Kier molecular flexibility index (Phi) is 2.69. The number of nitrogens with one attached hydrogen (secondary N) is 1. The molecule has 102 valence electrons. The Morgan fingerprint density at radius 3 is 2.68 bits per heavy atom. The van der Waals surface area contributed by atoms with Gasteiger partial charge in [-0.1, -0.05) is 0 Å². The van der Waals surface area contributed by atoms with Gasteiger partial charge in [0.25, 0.3) is 0 Å². The molecule has 0 spiro atoms. The molecule has 3 rings (SSSR count). The maximum atomic E-state index is 12.0. The summed E-state index contributed by atoms with van der Waals surface area (Å²) in [5, 5.41) is 15.3. The van der Waals surface area contributed by atoms with Crippen molar-refractivity contribution in [3.63, 3.8) is 0 Å². The average molecular weight is 264 g/mol. The summed E-state index contributed by atoms with van der Waals surface area (Å²) in [6.45, 7) is 1.24. The molecular formula is C12H16N4O3. The number of urea groups is 1. The van der Waals surface area contributed by atoms with Gasteiger partial charge in [-0.2, -0.15) is 5.10 Å². The van der Waals surface area contributed by atoms with Crippen molar-refractivity contribution in [1.82, 2.24) is 20.0 Å². The maximum Gasteiger partial charge on any atom is 0.356 e. The van der Waals surface area contributed by atoms with Crippen molar-refractivity contribution >= 4 is 12.0 Å². The number of hydrogen-bond donors (Lipinski definition) is 2. The molecule has 0 aromatic carbocycles. The summed E-state index contributed by atoms with van der Waals surface area (Å²) in [5.41, 5.74) is 0.811. The Bertz CT molecular complexity index is 517. The fourth-order valence-electron chi connectivity index (χ4n) is 2.33. The summed E-state index contributed by atoms with van der Waals surface area (Å²) >= 11 is 0. The van der Waals surface area contributed by atoms with Crippen LogP contribution in [0.2, 0.25) is 0 Å². The molecule has 1 aromatic rings. The standard InChI is InChI=1S/C12H16N4O3/c1-15(8-2-3-8)12(19)16-5-7(6-16)9-4-10(11(17)18)14-13-9/h4,7-8H,2-3,5-6H2,1H3,(H,13,14)(H,17,18). The summed E-state index contributed by atoms with van der Waals surface area (Å²) in [6.07, 6.45) is 2.20. The van der Waals surface area contributed by atoms with Crippen LogP contribution >= 0.6 is 0 Å². The van der Waals surface area contributed by atoms with Crippen LogP contribution in [0.4, 0.5) is 4.79 Å². The monoisotopic (exact) mass is 264 g/mol. The number of aromatic amines is 1. The number of carbonyl (C=O) groups excluding carboxylic acids is 1. The fraction of sp³-hybridized carbons (Fsp3) is 0.583. The lowest BCUT2D eigenvalue weighted by atomic mass is 9.96. The third kappa shape index (κ3) is 2.16. The van der Waals surface area contributed by atoms with Gasteiger partial charge < -0.3 is 14.9 Å². The number of carboxylic acid groups (broad SMARTS) is 1. The number of aromatic carboxylic acids is 1. The topological polar surface area (TPSA) is 89.5 Å². The first-order valence-corrected chi connectivity index (χ1v) is 6.36. The maximum absolute atomic E-state index is 12.0. The number of hydrogen-bond acceptors (Lipinski definition) is 3. The van der Waals surface area contributed by atoms with Gasteiger partial charge in [-0.25, -0.2) is 9.59 Å².